The van der Waals surface area contributed by atoms with Gasteiger partial charge in [0.2, 0.25) is 0 Å². The van der Waals surface area contributed by atoms with Crippen molar-refractivity contribution in [2.24, 2.45) is 11.8 Å². The van der Waals surface area contributed by atoms with E-state index in [0.717, 1.165) is 0 Å². The first-order chi connectivity index (χ1) is 8.78. The van der Waals surface area contributed by atoms with Gasteiger partial charge in [0.1, 0.15) is 11.6 Å². The highest BCUT2D eigenvalue weighted by Gasteiger charge is 2.44. The van der Waals surface area contributed by atoms with E-state index in [0.29, 0.717) is 26.1 Å². The Balaban J connectivity index is 1.94. The number of piperidine rings is 1. The molecule has 0 aromatic heterocycles. The summed E-state index contributed by atoms with van der Waals surface area (Å²) in [5.74, 6) is -0.461. The molecule has 0 bridgehead atoms. The van der Waals surface area contributed by atoms with Crippen molar-refractivity contribution in [3.63, 3.8) is 0 Å². The Kier molecular flexibility index (Phi) is 3.71. The van der Waals surface area contributed by atoms with Crippen LogP contribution in [0.15, 0.2) is 0 Å². The molecule has 2 saturated heterocycles. The zero-order chi connectivity index (χ0) is 14.2. The summed E-state index contributed by atoms with van der Waals surface area (Å²) in [6.07, 6.45) is 0.415. The van der Waals surface area contributed by atoms with Gasteiger partial charge in [0.25, 0.3) is 0 Å². The van der Waals surface area contributed by atoms with E-state index in [9.17, 15) is 9.59 Å². The highest BCUT2D eigenvalue weighted by atomic mass is 16.6. The van der Waals surface area contributed by atoms with Gasteiger partial charge in [-0.2, -0.15) is 0 Å². The number of hydrogen-bond donors (Lipinski definition) is 2. The minimum absolute atomic E-state index is 0.121. The van der Waals surface area contributed by atoms with E-state index < -0.39 is 17.6 Å². The molecule has 2 heterocycles. The molecule has 1 amide bonds. The van der Waals surface area contributed by atoms with E-state index in [1.54, 1.807) is 4.90 Å². The van der Waals surface area contributed by atoms with Gasteiger partial charge in [-0.25, -0.2) is 4.79 Å². The third-order valence-corrected chi connectivity index (χ3v) is 3.74. The quantitative estimate of drug-likeness (QED) is 0.740. The van der Waals surface area contributed by atoms with Crippen LogP contribution < -0.4 is 5.32 Å². The predicted molar refractivity (Wildman–Crippen MR) is 68.8 cm³/mol. The summed E-state index contributed by atoms with van der Waals surface area (Å²) in [7, 11) is 0. The SMILES string of the molecule is CC(C)(C)OC(=O)N1CCC2C(CNC2C(=O)O)C1. The van der Waals surface area contributed by atoms with E-state index in [-0.39, 0.29) is 17.9 Å². The van der Waals surface area contributed by atoms with Gasteiger partial charge >= 0.3 is 12.1 Å². The summed E-state index contributed by atoms with van der Waals surface area (Å²) in [6, 6.07) is -0.467. The third-order valence-electron chi connectivity index (χ3n) is 3.74. The number of hydrogen-bond acceptors (Lipinski definition) is 4. The maximum atomic E-state index is 12.0. The fourth-order valence-electron chi connectivity index (χ4n) is 2.90. The molecule has 19 heavy (non-hydrogen) atoms. The second-order valence-corrected chi connectivity index (χ2v) is 6.36. The predicted octanol–water partition coefficient (Wildman–Crippen LogP) is 0.916. The van der Waals surface area contributed by atoms with Crippen molar-refractivity contribution in [2.75, 3.05) is 19.6 Å². The van der Waals surface area contributed by atoms with Crippen molar-refractivity contribution in [1.29, 1.82) is 0 Å². The fourth-order valence-corrected chi connectivity index (χ4v) is 2.90. The van der Waals surface area contributed by atoms with E-state index in [4.69, 9.17) is 9.84 Å². The molecule has 0 aromatic rings. The van der Waals surface area contributed by atoms with Crippen molar-refractivity contribution in [3.8, 4) is 0 Å². The number of nitrogens with zero attached hydrogens (tertiary/aromatic N) is 1. The van der Waals surface area contributed by atoms with Gasteiger partial charge in [-0.3, -0.25) is 4.79 Å². The van der Waals surface area contributed by atoms with Crippen LogP contribution in [0.2, 0.25) is 0 Å². The number of aliphatic carboxylic acids is 1. The number of carbonyl (C=O) groups excluding carboxylic acids is 1. The van der Waals surface area contributed by atoms with Gasteiger partial charge in [0.15, 0.2) is 0 Å². The number of fused-ring (bicyclic) bond motifs is 1. The first-order valence-corrected chi connectivity index (χ1v) is 6.72. The van der Waals surface area contributed by atoms with Gasteiger partial charge in [-0.05, 0) is 39.0 Å². The average Bonchev–Trinajstić information content (AvgIpc) is 2.68. The van der Waals surface area contributed by atoms with Crippen LogP contribution in [0.5, 0.6) is 0 Å². The lowest BCUT2D eigenvalue weighted by Gasteiger charge is -2.36. The summed E-state index contributed by atoms with van der Waals surface area (Å²) in [4.78, 5) is 24.8. The number of rotatable bonds is 1. The molecule has 2 fully saturated rings. The van der Waals surface area contributed by atoms with E-state index in [1.807, 2.05) is 20.8 Å². The molecule has 0 spiro atoms. The maximum Gasteiger partial charge on any atom is 0.410 e. The standard InChI is InChI=1S/C13H22N2O4/c1-13(2,3)19-12(18)15-5-4-9-8(7-15)6-14-10(9)11(16)17/h8-10,14H,4-7H2,1-3H3,(H,16,17). The topological polar surface area (TPSA) is 78.9 Å². The smallest absolute Gasteiger partial charge is 0.410 e. The summed E-state index contributed by atoms with van der Waals surface area (Å²) >= 11 is 0. The van der Waals surface area contributed by atoms with Crippen LogP contribution in [-0.4, -0.2) is 53.3 Å². The van der Waals surface area contributed by atoms with E-state index >= 15 is 0 Å². The summed E-state index contributed by atoms with van der Waals surface area (Å²) in [6.45, 7) is 7.33. The van der Waals surface area contributed by atoms with Crippen LogP contribution in [0.3, 0.4) is 0 Å². The molecule has 6 nitrogen and oxygen atoms in total. The molecule has 0 saturated carbocycles. The number of amides is 1. The van der Waals surface area contributed by atoms with Crippen molar-refractivity contribution in [1.82, 2.24) is 10.2 Å². The van der Waals surface area contributed by atoms with Gasteiger partial charge in [-0.1, -0.05) is 0 Å². The molecule has 2 N–H and O–H groups in total. The normalized spacial score (nSPS) is 30.9. The largest absolute Gasteiger partial charge is 0.480 e. The van der Waals surface area contributed by atoms with Crippen LogP contribution in [0.25, 0.3) is 0 Å². The fraction of sp³-hybridized carbons (Fsp3) is 0.846. The van der Waals surface area contributed by atoms with E-state index in [2.05, 4.69) is 5.32 Å². The van der Waals surface area contributed by atoms with Crippen molar-refractivity contribution in [3.05, 3.63) is 0 Å². The lowest BCUT2D eigenvalue weighted by molar-refractivity contribution is -0.140. The molecule has 2 aliphatic rings. The Hall–Kier alpha value is -1.30. The second kappa shape index (κ2) is 5.00. The highest BCUT2D eigenvalue weighted by Crippen LogP contribution is 2.31. The zero-order valence-electron chi connectivity index (χ0n) is 11.7. The van der Waals surface area contributed by atoms with E-state index in [1.165, 1.54) is 0 Å². The minimum atomic E-state index is -0.793. The molecule has 3 unspecified atom stereocenters. The maximum absolute atomic E-state index is 12.0. The number of nitrogens with one attached hydrogen (secondary N) is 1. The molecule has 0 radical (unpaired) electrons. The van der Waals surface area contributed by atoms with Gasteiger partial charge < -0.3 is 20.1 Å². The molecule has 2 rings (SSSR count). The monoisotopic (exact) mass is 270 g/mol. The van der Waals surface area contributed by atoms with Gasteiger partial charge in [0.05, 0.1) is 0 Å². The number of carbonyl (C=O) groups is 2. The Bertz CT molecular complexity index is 377. The number of carboxylic acid groups (broad SMARTS) is 1. The number of carboxylic acids is 1. The lowest BCUT2D eigenvalue weighted by atomic mass is 9.84. The van der Waals surface area contributed by atoms with Crippen LogP contribution in [0.1, 0.15) is 27.2 Å². The molecule has 3 atom stereocenters. The highest BCUT2D eigenvalue weighted by molar-refractivity contribution is 5.74. The summed E-state index contributed by atoms with van der Waals surface area (Å²) in [5.41, 5.74) is -0.495. The van der Waals surface area contributed by atoms with Gasteiger partial charge in [-0.15, -0.1) is 0 Å². The second-order valence-electron chi connectivity index (χ2n) is 6.36. The Morgan fingerprint density at radius 1 is 1.37 bits per heavy atom. The van der Waals surface area contributed by atoms with Crippen LogP contribution in [0.4, 0.5) is 4.79 Å². The molecular formula is C13H22N2O4. The molecule has 108 valence electrons. The molecule has 6 heteroatoms. The average molecular weight is 270 g/mol. The minimum Gasteiger partial charge on any atom is -0.480 e. The van der Waals surface area contributed by atoms with Gasteiger partial charge in [0, 0.05) is 19.6 Å². The zero-order valence-corrected chi connectivity index (χ0v) is 11.7. The van der Waals surface area contributed by atoms with Crippen LogP contribution in [-0.2, 0) is 9.53 Å². The van der Waals surface area contributed by atoms with Crippen LogP contribution in [0, 0.1) is 11.8 Å². The van der Waals surface area contributed by atoms with Crippen molar-refractivity contribution in [2.45, 2.75) is 38.8 Å². The first kappa shape index (κ1) is 14.1. The number of ether oxygens (including phenoxy) is 1. The summed E-state index contributed by atoms with van der Waals surface area (Å²) in [5, 5.41) is 12.1. The third kappa shape index (κ3) is 3.18. The molecule has 0 aromatic carbocycles. The molecule has 0 aliphatic carbocycles. The summed E-state index contributed by atoms with van der Waals surface area (Å²) < 4.78 is 5.35. The first-order valence-electron chi connectivity index (χ1n) is 6.72. The Labute approximate surface area is 113 Å². The van der Waals surface area contributed by atoms with Crippen molar-refractivity contribution >= 4 is 12.1 Å². The number of likely N-dealkylation sites (tertiary alicyclic amines) is 1. The lowest BCUT2D eigenvalue weighted by Crippen LogP contribution is -2.47. The molecule has 2 aliphatic heterocycles. The Morgan fingerprint density at radius 3 is 2.63 bits per heavy atom. The molecular weight excluding hydrogens is 248 g/mol. The Morgan fingerprint density at radius 2 is 2.05 bits per heavy atom. The van der Waals surface area contributed by atoms with Crippen molar-refractivity contribution < 1.29 is 19.4 Å². The van der Waals surface area contributed by atoms with Crippen LogP contribution >= 0.6 is 0 Å².